The van der Waals surface area contributed by atoms with E-state index in [0.717, 1.165) is 19.5 Å². The zero-order valence-corrected chi connectivity index (χ0v) is 10.7. The van der Waals surface area contributed by atoms with Crippen LogP contribution in [0.4, 0.5) is 0 Å². The highest BCUT2D eigenvalue weighted by Gasteiger charge is 2.18. The number of nitrogens with one attached hydrogen (secondary N) is 1. The van der Waals surface area contributed by atoms with Gasteiger partial charge in [-0.1, -0.05) is 0 Å². The van der Waals surface area contributed by atoms with Crippen molar-refractivity contribution in [3.8, 4) is 0 Å². The number of aliphatic hydroxyl groups excluding tert-OH is 1. The number of aliphatic hydroxyl groups is 1. The van der Waals surface area contributed by atoms with Crippen LogP contribution in [0.3, 0.4) is 0 Å². The van der Waals surface area contributed by atoms with Gasteiger partial charge in [0.2, 0.25) is 5.91 Å². The summed E-state index contributed by atoms with van der Waals surface area (Å²) in [5.74, 6) is 0.764. The quantitative estimate of drug-likeness (QED) is 0.623. The second-order valence-electron chi connectivity index (χ2n) is 4.49. The summed E-state index contributed by atoms with van der Waals surface area (Å²) in [6.45, 7) is 3.62. The highest BCUT2D eigenvalue weighted by atomic mass is 16.5. The molecule has 1 saturated heterocycles. The molecule has 0 bridgehead atoms. The third kappa shape index (κ3) is 5.48. The second-order valence-corrected chi connectivity index (χ2v) is 4.49. The molecule has 1 amide bonds. The highest BCUT2D eigenvalue weighted by molar-refractivity contribution is 5.76. The average Bonchev–Trinajstić information content (AvgIpc) is 2.84. The molecular weight excluding hydrogens is 220 g/mol. The average molecular weight is 244 g/mol. The van der Waals surface area contributed by atoms with E-state index in [4.69, 9.17) is 9.84 Å². The molecule has 1 rings (SSSR count). The van der Waals surface area contributed by atoms with Gasteiger partial charge in [-0.15, -0.1) is 0 Å². The molecule has 17 heavy (non-hydrogen) atoms. The number of nitrogens with zero attached hydrogens (tertiary/aromatic N) is 1. The van der Waals surface area contributed by atoms with E-state index in [9.17, 15) is 4.79 Å². The number of hydrogen-bond donors (Lipinski definition) is 2. The predicted octanol–water partition coefficient (Wildman–Crippen LogP) is -0.157. The lowest BCUT2D eigenvalue weighted by atomic mass is 10.0. The summed E-state index contributed by atoms with van der Waals surface area (Å²) < 4.78 is 4.96. The van der Waals surface area contributed by atoms with E-state index in [-0.39, 0.29) is 12.5 Å². The minimum Gasteiger partial charge on any atom is -0.395 e. The highest BCUT2D eigenvalue weighted by Crippen LogP contribution is 2.15. The van der Waals surface area contributed by atoms with Gasteiger partial charge in [0, 0.05) is 26.6 Å². The van der Waals surface area contributed by atoms with Crippen LogP contribution in [0.15, 0.2) is 0 Å². The summed E-state index contributed by atoms with van der Waals surface area (Å²) in [5.41, 5.74) is 0. The van der Waals surface area contributed by atoms with Crippen LogP contribution in [-0.4, -0.2) is 62.4 Å². The van der Waals surface area contributed by atoms with Crippen molar-refractivity contribution in [2.75, 3.05) is 46.5 Å². The molecule has 1 atom stereocenters. The molecule has 1 aliphatic rings. The molecule has 0 aromatic heterocycles. The summed E-state index contributed by atoms with van der Waals surface area (Å²) in [6, 6.07) is 0. The molecule has 0 aromatic carbocycles. The number of carbonyl (C=O) groups is 1. The lowest BCUT2D eigenvalue weighted by molar-refractivity contribution is -0.132. The first-order valence-electron chi connectivity index (χ1n) is 6.36. The third-order valence-electron chi connectivity index (χ3n) is 3.22. The fourth-order valence-electron chi connectivity index (χ4n) is 2.13. The zero-order valence-electron chi connectivity index (χ0n) is 10.7. The molecule has 0 aromatic rings. The molecule has 1 heterocycles. The maximum Gasteiger partial charge on any atom is 0.222 e. The molecule has 0 radical (unpaired) electrons. The van der Waals surface area contributed by atoms with Crippen molar-refractivity contribution in [1.82, 2.24) is 10.2 Å². The van der Waals surface area contributed by atoms with Gasteiger partial charge >= 0.3 is 0 Å². The third-order valence-corrected chi connectivity index (χ3v) is 3.22. The van der Waals surface area contributed by atoms with Gasteiger partial charge in [0.1, 0.15) is 0 Å². The number of rotatable bonds is 8. The molecule has 0 aliphatic carbocycles. The Bertz CT molecular complexity index is 218. The molecule has 100 valence electrons. The minimum atomic E-state index is 0.0143. The van der Waals surface area contributed by atoms with Crippen molar-refractivity contribution >= 4 is 5.91 Å². The molecule has 0 saturated carbocycles. The van der Waals surface area contributed by atoms with Crippen molar-refractivity contribution < 1.29 is 14.6 Å². The normalized spacial score (nSPS) is 19.5. The van der Waals surface area contributed by atoms with Crippen LogP contribution < -0.4 is 5.32 Å². The van der Waals surface area contributed by atoms with Crippen molar-refractivity contribution in [3.63, 3.8) is 0 Å². The van der Waals surface area contributed by atoms with Crippen molar-refractivity contribution in [2.45, 2.75) is 19.3 Å². The van der Waals surface area contributed by atoms with Crippen molar-refractivity contribution in [1.29, 1.82) is 0 Å². The van der Waals surface area contributed by atoms with E-state index in [1.807, 2.05) is 0 Å². The molecule has 1 unspecified atom stereocenters. The van der Waals surface area contributed by atoms with Crippen LogP contribution in [0.2, 0.25) is 0 Å². The number of amides is 1. The molecule has 5 nitrogen and oxygen atoms in total. The zero-order chi connectivity index (χ0) is 12.5. The van der Waals surface area contributed by atoms with E-state index in [0.29, 0.717) is 32.0 Å². The van der Waals surface area contributed by atoms with E-state index in [1.165, 1.54) is 6.42 Å². The van der Waals surface area contributed by atoms with Gasteiger partial charge in [0.05, 0.1) is 13.2 Å². The molecule has 1 fully saturated rings. The SMILES string of the molecule is COCCN(CCO)C(=O)CCC1CCNC1. The largest absolute Gasteiger partial charge is 0.395 e. The molecule has 1 aliphatic heterocycles. The van der Waals surface area contributed by atoms with Gasteiger partial charge in [-0.3, -0.25) is 4.79 Å². The molecule has 0 spiro atoms. The van der Waals surface area contributed by atoms with Gasteiger partial charge in [0.15, 0.2) is 0 Å². The topological polar surface area (TPSA) is 61.8 Å². The number of ether oxygens (including phenoxy) is 1. The molecule has 2 N–H and O–H groups in total. The molecular formula is C12H24N2O3. The van der Waals surface area contributed by atoms with Gasteiger partial charge in [-0.2, -0.15) is 0 Å². The Labute approximate surface area is 103 Å². The Hall–Kier alpha value is -0.650. The number of carbonyl (C=O) groups excluding carboxylic acids is 1. The van der Waals surface area contributed by atoms with Crippen molar-refractivity contribution in [3.05, 3.63) is 0 Å². The van der Waals surface area contributed by atoms with Gasteiger partial charge in [-0.05, 0) is 31.8 Å². The van der Waals surface area contributed by atoms with Crippen molar-refractivity contribution in [2.24, 2.45) is 5.92 Å². The summed E-state index contributed by atoms with van der Waals surface area (Å²) >= 11 is 0. The first-order valence-corrected chi connectivity index (χ1v) is 6.36. The monoisotopic (exact) mass is 244 g/mol. The van der Waals surface area contributed by atoms with Gasteiger partial charge < -0.3 is 20.1 Å². The Kier molecular flexibility index (Phi) is 7.16. The first kappa shape index (κ1) is 14.4. The Balaban J connectivity index is 2.24. The Morgan fingerprint density at radius 1 is 1.53 bits per heavy atom. The summed E-state index contributed by atoms with van der Waals surface area (Å²) in [6.07, 6.45) is 2.70. The lowest BCUT2D eigenvalue weighted by Crippen LogP contribution is -2.36. The number of methoxy groups -OCH3 is 1. The smallest absolute Gasteiger partial charge is 0.222 e. The van der Waals surface area contributed by atoms with E-state index < -0.39 is 0 Å². The lowest BCUT2D eigenvalue weighted by Gasteiger charge is -2.22. The Morgan fingerprint density at radius 3 is 2.94 bits per heavy atom. The minimum absolute atomic E-state index is 0.0143. The number of hydrogen-bond acceptors (Lipinski definition) is 4. The standard InChI is InChI=1S/C12H24N2O3/c1-17-9-7-14(6-8-15)12(16)3-2-11-4-5-13-10-11/h11,13,15H,2-10H2,1H3. The van der Waals surface area contributed by atoms with Crippen LogP contribution in [0, 0.1) is 5.92 Å². The van der Waals surface area contributed by atoms with E-state index >= 15 is 0 Å². The van der Waals surface area contributed by atoms with E-state index in [2.05, 4.69) is 5.32 Å². The van der Waals surface area contributed by atoms with Crippen LogP contribution >= 0.6 is 0 Å². The summed E-state index contributed by atoms with van der Waals surface area (Å²) in [4.78, 5) is 13.6. The first-order chi connectivity index (χ1) is 8.27. The van der Waals surface area contributed by atoms with Gasteiger partial charge in [-0.25, -0.2) is 0 Å². The van der Waals surface area contributed by atoms with Crippen LogP contribution in [-0.2, 0) is 9.53 Å². The van der Waals surface area contributed by atoms with Crippen LogP contribution in [0.1, 0.15) is 19.3 Å². The Morgan fingerprint density at radius 2 is 2.35 bits per heavy atom. The fraction of sp³-hybridized carbons (Fsp3) is 0.917. The second kappa shape index (κ2) is 8.44. The van der Waals surface area contributed by atoms with E-state index in [1.54, 1.807) is 12.0 Å². The van der Waals surface area contributed by atoms with Gasteiger partial charge in [0.25, 0.3) is 0 Å². The summed E-state index contributed by atoms with van der Waals surface area (Å²) in [7, 11) is 1.62. The van der Waals surface area contributed by atoms with Crippen LogP contribution in [0.25, 0.3) is 0 Å². The fourth-order valence-corrected chi connectivity index (χ4v) is 2.13. The maximum atomic E-state index is 11.9. The summed E-state index contributed by atoms with van der Waals surface area (Å²) in [5, 5.41) is 12.2. The predicted molar refractivity (Wildman–Crippen MR) is 65.8 cm³/mol. The van der Waals surface area contributed by atoms with Crippen LogP contribution in [0.5, 0.6) is 0 Å². The molecule has 5 heteroatoms. The maximum absolute atomic E-state index is 11.9.